The van der Waals surface area contributed by atoms with Crippen molar-refractivity contribution in [2.24, 2.45) is 5.92 Å². The minimum atomic E-state index is 0.639. The first-order valence-electron chi connectivity index (χ1n) is 5.77. The maximum Gasteiger partial charge on any atom is 0.0626 e. The van der Waals surface area contributed by atoms with E-state index in [1.807, 2.05) is 0 Å². The summed E-state index contributed by atoms with van der Waals surface area (Å²) in [5.74, 6) is 3.82. The van der Waals surface area contributed by atoms with E-state index in [9.17, 15) is 0 Å². The summed E-state index contributed by atoms with van der Waals surface area (Å²) < 4.78 is 0.639. The van der Waals surface area contributed by atoms with Crippen molar-refractivity contribution < 1.29 is 0 Å². The van der Waals surface area contributed by atoms with Gasteiger partial charge in [-0.2, -0.15) is 0 Å². The summed E-state index contributed by atoms with van der Waals surface area (Å²) in [5, 5.41) is 0. The summed E-state index contributed by atoms with van der Waals surface area (Å²) in [7, 11) is 2.33. The number of hydrogen-bond donors (Lipinski definition) is 0. The Bertz CT molecular complexity index is 225. The molecule has 2 unspecified atom stereocenters. The van der Waals surface area contributed by atoms with E-state index in [2.05, 4.69) is 35.5 Å². The first kappa shape index (κ1) is 9.86. The van der Waals surface area contributed by atoms with Crippen molar-refractivity contribution in [2.45, 2.75) is 35.8 Å². The zero-order valence-corrected chi connectivity index (χ0v) is 10.5. The molecular weight excluding hydrogens is 210 g/mol. The van der Waals surface area contributed by atoms with Gasteiger partial charge in [-0.1, -0.05) is 0 Å². The topological polar surface area (TPSA) is 3.24 Å². The summed E-state index contributed by atoms with van der Waals surface area (Å²) in [5.41, 5.74) is 0. The number of fused-ring (bicyclic) bond motifs is 1. The first-order chi connectivity index (χ1) is 6.79. The van der Waals surface area contributed by atoms with Gasteiger partial charge in [-0.05, 0) is 45.2 Å². The van der Waals surface area contributed by atoms with Gasteiger partial charge >= 0.3 is 0 Å². The van der Waals surface area contributed by atoms with Crippen molar-refractivity contribution in [3.05, 3.63) is 0 Å². The van der Waals surface area contributed by atoms with Crippen LogP contribution in [0.2, 0.25) is 0 Å². The van der Waals surface area contributed by atoms with Gasteiger partial charge in [0, 0.05) is 17.5 Å². The molecular formula is C11H19NS2. The minimum Gasteiger partial charge on any atom is -0.303 e. The Balaban J connectivity index is 1.75. The standard InChI is InChI=1S/C11H19NS2/c1-12-5-3-9-2-4-11(8-10(9)12)13-6-7-14-11/h9-10H,2-8H2,1H3. The van der Waals surface area contributed by atoms with Crippen LogP contribution in [-0.2, 0) is 0 Å². The van der Waals surface area contributed by atoms with Gasteiger partial charge in [0.25, 0.3) is 0 Å². The van der Waals surface area contributed by atoms with Crippen molar-refractivity contribution in [2.75, 3.05) is 25.1 Å². The van der Waals surface area contributed by atoms with Crippen LogP contribution in [0.5, 0.6) is 0 Å². The summed E-state index contributed by atoms with van der Waals surface area (Å²) >= 11 is 4.51. The maximum atomic E-state index is 2.62. The second-order valence-corrected chi connectivity index (χ2v) is 8.16. The van der Waals surface area contributed by atoms with Gasteiger partial charge in [0.05, 0.1) is 4.08 Å². The van der Waals surface area contributed by atoms with Gasteiger partial charge in [-0.3, -0.25) is 0 Å². The van der Waals surface area contributed by atoms with Crippen LogP contribution in [0.4, 0.5) is 0 Å². The fraction of sp³-hybridized carbons (Fsp3) is 1.00. The highest BCUT2D eigenvalue weighted by Gasteiger charge is 2.46. The molecule has 0 aromatic rings. The molecule has 3 aliphatic rings. The van der Waals surface area contributed by atoms with Crippen LogP contribution in [0.1, 0.15) is 25.7 Å². The van der Waals surface area contributed by atoms with E-state index in [-0.39, 0.29) is 0 Å². The monoisotopic (exact) mass is 229 g/mol. The third-order valence-corrected chi connectivity index (χ3v) is 7.77. The zero-order chi connectivity index (χ0) is 9.60. The highest BCUT2D eigenvalue weighted by atomic mass is 32.2. The molecule has 1 aliphatic carbocycles. The Hall–Kier alpha value is 0.660. The molecule has 2 saturated heterocycles. The van der Waals surface area contributed by atoms with Crippen LogP contribution in [0.3, 0.4) is 0 Å². The van der Waals surface area contributed by atoms with Gasteiger partial charge in [-0.15, -0.1) is 23.5 Å². The number of rotatable bonds is 0. The molecule has 0 aromatic heterocycles. The lowest BCUT2D eigenvalue weighted by Gasteiger charge is -2.40. The lowest BCUT2D eigenvalue weighted by Crippen LogP contribution is -2.40. The molecule has 2 atom stereocenters. The molecule has 3 rings (SSSR count). The molecule has 0 radical (unpaired) electrons. The Labute approximate surface area is 95.4 Å². The second kappa shape index (κ2) is 3.60. The van der Waals surface area contributed by atoms with Gasteiger partial charge in [0.15, 0.2) is 0 Å². The first-order valence-corrected chi connectivity index (χ1v) is 7.74. The summed E-state index contributed by atoms with van der Waals surface area (Å²) in [6.07, 6.45) is 5.91. The van der Waals surface area contributed by atoms with Crippen LogP contribution >= 0.6 is 23.5 Å². The predicted octanol–water partition coefficient (Wildman–Crippen LogP) is 2.67. The quantitative estimate of drug-likeness (QED) is 0.629. The fourth-order valence-electron chi connectivity index (χ4n) is 3.33. The molecule has 3 heteroatoms. The average Bonchev–Trinajstić information content (AvgIpc) is 2.77. The van der Waals surface area contributed by atoms with Crippen molar-refractivity contribution in [3.63, 3.8) is 0 Å². The summed E-state index contributed by atoms with van der Waals surface area (Å²) in [6.45, 7) is 1.35. The Kier molecular flexibility index (Phi) is 2.53. The molecule has 1 nitrogen and oxygen atoms in total. The van der Waals surface area contributed by atoms with Crippen molar-refractivity contribution in [1.29, 1.82) is 0 Å². The Morgan fingerprint density at radius 3 is 2.79 bits per heavy atom. The second-order valence-electron chi connectivity index (χ2n) is 4.95. The zero-order valence-electron chi connectivity index (χ0n) is 8.87. The van der Waals surface area contributed by atoms with E-state index < -0.39 is 0 Å². The third kappa shape index (κ3) is 1.52. The number of thioether (sulfide) groups is 2. The Morgan fingerprint density at radius 1 is 1.21 bits per heavy atom. The van der Waals surface area contributed by atoms with Gasteiger partial charge < -0.3 is 4.90 Å². The molecule has 2 heterocycles. The average molecular weight is 229 g/mol. The molecule has 0 bridgehead atoms. The van der Waals surface area contributed by atoms with Crippen LogP contribution in [0, 0.1) is 5.92 Å². The van der Waals surface area contributed by atoms with Crippen LogP contribution in [-0.4, -0.2) is 40.1 Å². The van der Waals surface area contributed by atoms with Crippen molar-refractivity contribution in [3.8, 4) is 0 Å². The van der Waals surface area contributed by atoms with Gasteiger partial charge in [-0.25, -0.2) is 0 Å². The number of hydrogen-bond acceptors (Lipinski definition) is 3. The Morgan fingerprint density at radius 2 is 2.00 bits per heavy atom. The maximum absolute atomic E-state index is 2.62. The van der Waals surface area contributed by atoms with Gasteiger partial charge in [0.1, 0.15) is 0 Å². The lowest BCUT2D eigenvalue weighted by atomic mass is 9.84. The molecule has 3 fully saturated rings. The number of likely N-dealkylation sites (tertiary alicyclic amines) is 1. The van der Waals surface area contributed by atoms with Crippen LogP contribution in [0.25, 0.3) is 0 Å². The van der Waals surface area contributed by atoms with Crippen LogP contribution in [0.15, 0.2) is 0 Å². The minimum absolute atomic E-state index is 0.639. The molecule has 14 heavy (non-hydrogen) atoms. The largest absolute Gasteiger partial charge is 0.303 e. The van der Waals surface area contributed by atoms with E-state index in [1.165, 1.54) is 43.7 Å². The van der Waals surface area contributed by atoms with Crippen molar-refractivity contribution >= 4 is 23.5 Å². The van der Waals surface area contributed by atoms with E-state index in [4.69, 9.17) is 0 Å². The predicted molar refractivity (Wildman–Crippen MR) is 66.0 cm³/mol. The SMILES string of the molecule is CN1CCC2CCC3(CC21)SCCS3. The smallest absolute Gasteiger partial charge is 0.0626 e. The molecule has 0 N–H and O–H groups in total. The molecule has 1 saturated carbocycles. The fourth-order valence-corrected chi connectivity index (χ4v) is 6.68. The molecule has 0 aromatic carbocycles. The van der Waals surface area contributed by atoms with E-state index in [0.29, 0.717) is 4.08 Å². The summed E-state index contributed by atoms with van der Waals surface area (Å²) in [4.78, 5) is 2.62. The highest BCUT2D eigenvalue weighted by Crippen LogP contribution is 2.55. The van der Waals surface area contributed by atoms with E-state index >= 15 is 0 Å². The third-order valence-electron chi connectivity index (χ3n) is 4.19. The molecule has 80 valence electrons. The highest BCUT2D eigenvalue weighted by molar-refractivity contribution is 8.21. The van der Waals surface area contributed by atoms with E-state index in [1.54, 1.807) is 0 Å². The normalized spacial score (nSPS) is 41.8. The van der Waals surface area contributed by atoms with Gasteiger partial charge in [0.2, 0.25) is 0 Å². The van der Waals surface area contributed by atoms with E-state index in [0.717, 1.165) is 12.0 Å². The lowest BCUT2D eigenvalue weighted by molar-refractivity contribution is 0.212. The van der Waals surface area contributed by atoms with Crippen LogP contribution < -0.4 is 0 Å². The van der Waals surface area contributed by atoms with Crippen molar-refractivity contribution in [1.82, 2.24) is 4.90 Å². The molecule has 0 amide bonds. The molecule has 1 spiro atoms. The summed E-state index contributed by atoms with van der Waals surface area (Å²) in [6, 6.07) is 0.918. The molecule has 2 aliphatic heterocycles. The number of nitrogens with zero attached hydrogens (tertiary/aromatic N) is 1.